The summed E-state index contributed by atoms with van der Waals surface area (Å²) in [4.78, 5) is 17.0. The standard InChI is InChI=1S/C17H13ClN2OS/c18-14-8-6-12(7-9-14)10-15-16(21)20-17(22-15)19-11-13-4-2-1-3-5-13/h1-10H,11H2,(H,19,20,21)/b15-10+. The molecule has 0 radical (unpaired) electrons. The summed E-state index contributed by atoms with van der Waals surface area (Å²) in [5.41, 5.74) is 2.05. The van der Waals surface area contributed by atoms with Crippen LogP contribution in [-0.4, -0.2) is 11.1 Å². The first-order valence-corrected chi connectivity index (χ1v) is 7.95. The van der Waals surface area contributed by atoms with Crippen molar-refractivity contribution in [3.63, 3.8) is 0 Å². The number of rotatable bonds is 3. The van der Waals surface area contributed by atoms with Crippen molar-refractivity contribution in [3.8, 4) is 0 Å². The molecular formula is C17H13ClN2OS. The summed E-state index contributed by atoms with van der Waals surface area (Å²) in [6.07, 6.45) is 1.83. The minimum absolute atomic E-state index is 0.119. The van der Waals surface area contributed by atoms with Gasteiger partial charge in [0, 0.05) is 5.02 Å². The van der Waals surface area contributed by atoms with Crippen LogP contribution in [0.5, 0.6) is 0 Å². The number of amidine groups is 1. The van der Waals surface area contributed by atoms with Crippen LogP contribution in [0.25, 0.3) is 6.08 Å². The van der Waals surface area contributed by atoms with Gasteiger partial charge in [0.2, 0.25) is 0 Å². The van der Waals surface area contributed by atoms with Gasteiger partial charge in [-0.3, -0.25) is 9.79 Å². The number of nitrogens with one attached hydrogen (secondary N) is 1. The molecule has 1 saturated heterocycles. The van der Waals surface area contributed by atoms with Crippen molar-refractivity contribution >= 4 is 40.5 Å². The van der Waals surface area contributed by atoms with Gasteiger partial charge >= 0.3 is 0 Å². The zero-order valence-electron chi connectivity index (χ0n) is 11.6. The third kappa shape index (κ3) is 3.78. The quantitative estimate of drug-likeness (QED) is 0.862. The molecule has 1 heterocycles. The Morgan fingerprint density at radius 2 is 1.82 bits per heavy atom. The molecule has 110 valence electrons. The predicted molar refractivity (Wildman–Crippen MR) is 92.7 cm³/mol. The largest absolute Gasteiger partial charge is 0.301 e. The molecule has 0 saturated carbocycles. The second-order valence-electron chi connectivity index (χ2n) is 4.72. The maximum absolute atomic E-state index is 12.0. The Labute approximate surface area is 138 Å². The molecule has 5 heteroatoms. The van der Waals surface area contributed by atoms with E-state index in [1.165, 1.54) is 11.8 Å². The molecule has 1 N–H and O–H groups in total. The van der Waals surface area contributed by atoms with E-state index in [1.54, 1.807) is 12.1 Å². The summed E-state index contributed by atoms with van der Waals surface area (Å²) >= 11 is 7.21. The molecule has 1 fully saturated rings. The molecule has 1 aliphatic heterocycles. The van der Waals surface area contributed by atoms with Gasteiger partial charge in [0.15, 0.2) is 5.17 Å². The van der Waals surface area contributed by atoms with E-state index in [0.717, 1.165) is 11.1 Å². The minimum atomic E-state index is -0.119. The maximum atomic E-state index is 12.0. The molecule has 0 unspecified atom stereocenters. The molecule has 0 bridgehead atoms. The van der Waals surface area contributed by atoms with Crippen LogP contribution in [0.4, 0.5) is 0 Å². The lowest BCUT2D eigenvalue weighted by Gasteiger charge is -1.97. The molecule has 22 heavy (non-hydrogen) atoms. The third-order valence-corrected chi connectivity index (χ3v) is 4.27. The average molecular weight is 329 g/mol. The number of halogens is 1. The van der Waals surface area contributed by atoms with E-state index in [1.807, 2.05) is 48.5 Å². The number of benzene rings is 2. The topological polar surface area (TPSA) is 41.5 Å². The molecule has 0 aliphatic carbocycles. The van der Waals surface area contributed by atoms with Crippen molar-refractivity contribution in [1.82, 2.24) is 5.32 Å². The average Bonchev–Trinajstić information content (AvgIpc) is 2.89. The van der Waals surface area contributed by atoms with E-state index in [-0.39, 0.29) is 5.91 Å². The van der Waals surface area contributed by atoms with Crippen LogP contribution in [0.2, 0.25) is 5.02 Å². The normalized spacial score (nSPS) is 18.0. The highest BCUT2D eigenvalue weighted by Gasteiger charge is 2.23. The number of hydrogen-bond donors (Lipinski definition) is 1. The first kappa shape index (κ1) is 14.9. The van der Waals surface area contributed by atoms with E-state index in [9.17, 15) is 4.79 Å². The SMILES string of the molecule is O=C1NC(=NCc2ccccc2)S/C1=C/c1ccc(Cl)cc1. The number of nitrogens with zero attached hydrogens (tertiary/aromatic N) is 1. The first-order chi connectivity index (χ1) is 10.7. The molecule has 3 rings (SSSR count). The number of hydrogen-bond acceptors (Lipinski definition) is 3. The lowest BCUT2D eigenvalue weighted by molar-refractivity contribution is -0.115. The van der Waals surface area contributed by atoms with Gasteiger partial charge in [-0.05, 0) is 41.1 Å². The van der Waals surface area contributed by atoms with Gasteiger partial charge in [-0.15, -0.1) is 0 Å². The number of carbonyl (C=O) groups is 1. The van der Waals surface area contributed by atoms with E-state index in [4.69, 9.17) is 11.6 Å². The van der Waals surface area contributed by atoms with E-state index < -0.39 is 0 Å². The van der Waals surface area contributed by atoms with Crippen molar-refractivity contribution in [2.75, 3.05) is 0 Å². The summed E-state index contributed by atoms with van der Waals surface area (Å²) in [5.74, 6) is -0.119. The number of amides is 1. The summed E-state index contributed by atoms with van der Waals surface area (Å²) in [5, 5.41) is 4.10. The van der Waals surface area contributed by atoms with Crippen molar-refractivity contribution in [1.29, 1.82) is 0 Å². The van der Waals surface area contributed by atoms with Crippen LogP contribution >= 0.6 is 23.4 Å². The van der Waals surface area contributed by atoms with Gasteiger partial charge in [0.05, 0.1) is 11.4 Å². The van der Waals surface area contributed by atoms with Gasteiger partial charge < -0.3 is 5.32 Å². The van der Waals surface area contributed by atoms with Gasteiger partial charge in [-0.1, -0.05) is 54.1 Å². The second-order valence-corrected chi connectivity index (χ2v) is 6.19. The molecule has 1 aliphatic rings. The van der Waals surface area contributed by atoms with Crippen molar-refractivity contribution < 1.29 is 4.79 Å². The smallest absolute Gasteiger partial charge is 0.264 e. The fraction of sp³-hybridized carbons (Fsp3) is 0.0588. The minimum Gasteiger partial charge on any atom is -0.301 e. The lowest BCUT2D eigenvalue weighted by Crippen LogP contribution is -2.19. The molecule has 2 aromatic rings. The Hall–Kier alpha value is -2.04. The number of thioether (sulfide) groups is 1. The maximum Gasteiger partial charge on any atom is 0.264 e. The second kappa shape index (κ2) is 6.81. The Morgan fingerprint density at radius 1 is 1.09 bits per heavy atom. The van der Waals surface area contributed by atoms with Crippen molar-refractivity contribution in [3.05, 3.63) is 75.7 Å². The number of aliphatic imine (C=N–C) groups is 1. The highest BCUT2D eigenvalue weighted by molar-refractivity contribution is 8.18. The summed E-state index contributed by atoms with van der Waals surface area (Å²) in [6.45, 7) is 0.553. The van der Waals surface area contributed by atoms with Crippen LogP contribution in [0.3, 0.4) is 0 Å². The molecule has 3 nitrogen and oxygen atoms in total. The van der Waals surface area contributed by atoms with Crippen LogP contribution in [-0.2, 0) is 11.3 Å². The molecule has 0 aromatic heterocycles. The predicted octanol–water partition coefficient (Wildman–Crippen LogP) is 4.10. The highest BCUT2D eigenvalue weighted by atomic mass is 35.5. The van der Waals surface area contributed by atoms with E-state index >= 15 is 0 Å². The van der Waals surface area contributed by atoms with Gasteiger partial charge in [0.1, 0.15) is 0 Å². The Balaban J connectivity index is 1.71. The lowest BCUT2D eigenvalue weighted by atomic mass is 10.2. The van der Waals surface area contributed by atoms with Gasteiger partial charge in [0.25, 0.3) is 5.91 Å². The molecule has 0 spiro atoms. The summed E-state index contributed by atoms with van der Waals surface area (Å²) in [7, 11) is 0. The molecule has 0 atom stereocenters. The molecule has 1 amide bonds. The number of carbonyl (C=O) groups excluding carboxylic acids is 1. The summed E-state index contributed by atoms with van der Waals surface area (Å²) < 4.78 is 0. The van der Waals surface area contributed by atoms with Gasteiger partial charge in [-0.2, -0.15) is 0 Å². The van der Waals surface area contributed by atoms with Gasteiger partial charge in [-0.25, -0.2) is 0 Å². The van der Waals surface area contributed by atoms with Crippen LogP contribution in [0, 0.1) is 0 Å². The fourth-order valence-corrected chi connectivity index (χ4v) is 2.90. The zero-order valence-corrected chi connectivity index (χ0v) is 13.2. The Kier molecular flexibility index (Phi) is 4.61. The molecule has 2 aromatic carbocycles. The van der Waals surface area contributed by atoms with Crippen molar-refractivity contribution in [2.24, 2.45) is 4.99 Å². The van der Waals surface area contributed by atoms with Crippen molar-refractivity contribution in [2.45, 2.75) is 6.54 Å². The monoisotopic (exact) mass is 328 g/mol. The Morgan fingerprint density at radius 3 is 2.55 bits per heavy atom. The third-order valence-electron chi connectivity index (χ3n) is 3.07. The van der Waals surface area contributed by atoms with E-state index in [2.05, 4.69) is 10.3 Å². The summed E-state index contributed by atoms with van der Waals surface area (Å²) in [6, 6.07) is 17.3. The van der Waals surface area contributed by atoms with Crippen LogP contribution in [0.1, 0.15) is 11.1 Å². The van der Waals surface area contributed by atoms with Crippen LogP contribution in [0.15, 0.2) is 64.5 Å². The van der Waals surface area contributed by atoms with Crippen LogP contribution < -0.4 is 5.32 Å². The zero-order chi connectivity index (χ0) is 15.4. The molecular weight excluding hydrogens is 316 g/mol. The highest BCUT2D eigenvalue weighted by Crippen LogP contribution is 2.26. The Bertz CT molecular complexity index is 739. The first-order valence-electron chi connectivity index (χ1n) is 6.75. The fourth-order valence-electron chi connectivity index (χ4n) is 1.96. The van der Waals surface area contributed by atoms with E-state index in [0.29, 0.717) is 21.6 Å².